The molecule has 1 saturated heterocycles. The summed E-state index contributed by atoms with van der Waals surface area (Å²) in [4.78, 5) is 39.4. The summed E-state index contributed by atoms with van der Waals surface area (Å²) in [5, 5.41) is 5.41. The summed E-state index contributed by atoms with van der Waals surface area (Å²) >= 11 is 0. The van der Waals surface area contributed by atoms with Crippen molar-refractivity contribution in [3.8, 4) is 0 Å². The molecule has 0 unspecified atom stereocenters. The van der Waals surface area contributed by atoms with E-state index in [0.717, 1.165) is 12.8 Å². The van der Waals surface area contributed by atoms with Gasteiger partial charge in [0.15, 0.2) is 0 Å². The van der Waals surface area contributed by atoms with E-state index < -0.39 is 23.9 Å². The second kappa shape index (κ2) is 10.4. The number of hydrogen-bond acceptors (Lipinski definition) is 6. The molecule has 0 spiro atoms. The Morgan fingerprint density at radius 3 is 2.71 bits per heavy atom. The van der Waals surface area contributed by atoms with Gasteiger partial charge in [0.25, 0.3) is 0 Å². The average molecular weight is 433 g/mol. The third-order valence-electron chi connectivity index (χ3n) is 5.34. The summed E-state index contributed by atoms with van der Waals surface area (Å²) in [5.74, 6) is -1.54. The Morgan fingerprint density at radius 2 is 2.00 bits per heavy atom. The zero-order valence-electron chi connectivity index (χ0n) is 17.8. The van der Waals surface area contributed by atoms with Crippen LogP contribution < -0.4 is 10.6 Å². The molecule has 0 bridgehead atoms. The zero-order chi connectivity index (χ0) is 22.4. The topological polar surface area (TPSA) is 97.0 Å². The number of benzene rings is 1. The molecular formula is C22H28FN3O5. The molecule has 0 saturated carbocycles. The zero-order valence-corrected chi connectivity index (χ0v) is 17.8. The molecule has 2 aliphatic heterocycles. The van der Waals surface area contributed by atoms with Gasteiger partial charge in [0, 0.05) is 18.8 Å². The fraction of sp³-hybridized carbons (Fsp3) is 0.500. The van der Waals surface area contributed by atoms with Crippen LogP contribution in [0, 0.1) is 11.7 Å². The van der Waals surface area contributed by atoms with E-state index in [1.54, 1.807) is 19.9 Å². The molecule has 1 aromatic carbocycles. The molecule has 3 rings (SSSR count). The minimum atomic E-state index is -0.843. The van der Waals surface area contributed by atoms with Crippen LogP contribution in [0.5, 0.6) is 0 Å². The highest BCUT2D eigenvalue weighted by Gasteiger charge is 2.35. The first kappa shape index (κ1) is 22.7. The molecule has 168 valence electrons. The fourth-order valence-electron chi connectivity index (χ4n) is 4.00. The lowest BCUT2D eigenvalue weighted by Crippen LogP contribution is -2.50. The number of likely N-dealkylation sites (tertiary alicyclic amines) is 1. The number of esters is 2. The van der Waals surface area contributed by atoms with Crippen molar-refractivity contribution in [1.29, 1.82) is 0 Å². The van der Waals surface area contributed by atoms with Gasteiger partial charge in [-0.05, 0) is 50.9 Å². The Hall–Kier alpha value is -2.94. The molecule has 2 heterocycles. The number of carbonyl (C=O) groups excluding carboxylic acids is 3. The molecule has 2 N–H and O–H groups in total. The van der Waals surface area contributed by atoms with Gasteiger partial charge in [-0.1, -0.05) is 12.1 Å². The highest BCUT2D eigenvalue weighted by molar-refractivity contribution is 5.95. The summed E-state index contributed by atoms with van der Waals surface area (Å²) in [5.41, 5.74) is 1.06. The van der Waals surface area contributed by atoms with Crippen LogP contribution in [-0.4, -0.2) is 55.7 Å². The lowest BCUT2D eigenvalue weighted by atomic mass is 9.93. The van der Waals surface area contributed by atoms with Gasteiger partial charge in [-0.3, -0.25) is 9.69 Å². The average Bonchev–Trinajstić information content (AvgIpc) is 2.74. The van der Waals surface area contributed by atoms with Crippen molar-refractivity contribution >= 4 is 18.0 Å². The number of nitrogens with zero attached hydrogens (tertiary/aromatic N) is 1. The number of hydrogen-bond donors (Lipinski definition) is 2. The maximum Gasteiger partial charge on any atom is 0.338 e. The standard InChI is InChI=1S/C22H28FN3O5/c1-3-30-20(27)15-8-6-10-26(12-15)13-17-18(21(28)31-4-2)19(25-22(29)24-17)14-7-5-9-16(23)11-14/h5,7,9,11,15,19H,3-4,6,8,10,12-13H2,1-2H3,(H2,24,25,29)/t15-,19+/m1/s1. The number of carbonyl (C=O) groups is 3. The number of ether oxygens (including phenoxy) is 2. The Bertz CT molecular complexity index is 872. The second-order valence-corrected chi connectivity index (χ2v) is 7.53. The van der Waals surface area contributed by atoms with E-state index >= 15 is 0 Å². The molecule has 1 fully saturated rings. The van der Waals surface area contributed by atoms with Crippen molar-refractivity contribution in [3.05, 3.63) is 46.9 Å². The molecule has 0 aromatic heterocycles. The minimum Gasteiger partial charge on any atom is -0.466 e. The van der Waals surface area contributed by atoms with Crippen LogP contribution in [0.3, 0.4) is 0 Å². The number of urea groups is 1. The van der Waals surface area contributed by atoms with Gasteiger partial charge in [-0.2, -0.15) is 0 Å². The van der Waals surface area contributed by atoms with Gasteiger partial charge in [0.1, 0.15) is 5.82 Å². The normalized spacial score (nSPS) is 21.8. The maximum absolute atomic E-state index is 13.8. The number of piperidine rings is 1. The van der Waals surface area contributed by atoms with E-state index in [2.05, 4.69) is 10.6 Å². The summed E-state index contributed by atoms with van der Waals surface area (Å²) in [6.45, 7) is 5.38. The fourth-order valence-corrected chi connectivity index (χ4v) is 4.00. The van der Waals surface area contributed by atoms with Crippen LogP contribution >= 0.6 is 0 Å². The van der Waals surface area contributed by atoms with Crippen molar-refractivity contribution in [2.24, 2.45) is 5.92 Å². The Labute approximate surface area is 180 Å². The van der Waals surface area contributed by atoms with E-state index in [1.807, 2.05) is 4.90 Å². The molecule has 2 aliphatic rings. The van der Waals surface area contributed by atoms with Crippen molar-refractivity contribution in [2.75, 3.05) is 32.8 Å². The molecule has 31 heavy (non-hydrogen) atoms. The largest absolute Gasteiger partial charge is 0.466 e. The summed E-state index contributed by atoms with van der Waals surface area (Å²) in [6.07, 6.45) is 1.53. The van der Waals surface area contributed by atoms with Gasteiger partial charge < -0.3 is 20.1 Å². The molecule has 0 radical (unpaired) electrons. The lowest BCUT2D eigenvalue weighted by molar-refractivity contribution is -0.150. The summed E-state index contributed by atoms with van der Waals surface area (Å²) < 4.78 is 24.2. The van der Waals surface area contributed by atoms with Crippen LogP contribution in [-0.2, 0) is 19.1 Å². The Kier molecular flexibility index (Phi) is 7.62. The molecule has 1 aromatic rings. The molecule has 2 atom stereocenters. The predicted octanol–water partition coefficient (Wildman–Crippen LogP) is 2.27. The van der Waals surface area contributed by atoms with Crippen LogP contribution in [0.2, 0.25) is 0 Å². The van der Waals surface area contributed by atoms with Gasteiger partial charge in [-0.25, -0.2) is 14.0 Å². The van der Waals surface area contributed by atoms with E-state index in [-0.39, 0.29) is 30.6 Å². The quantitative estimate of drug-likeness (QED) is 0.641. The smallest absolute Gasteiger partial charge is 0.338 e. The predicted molar refractivity (Wildman–Crippen MR) is 110 cm³/mol. The summed E-state index contributed by atoms with van der Waals surface area (Å²) in [6, 6.07) is 4.42. The first-order valence-electron chi connectivity index (χ1n) is 10.5. The number of rotatable bonds is 7. The Balaban J connectivity index is 1.91. The molecule has 2 amide bonds. The number of amides is 2. The van der Waals surface area contributed by atoms with Crippen LogP contribution in [0.15, 0.2) is 35.5 Å². The van der Waals surface area contributed by atoms with E-state index in [1.165, 1.54) is 18.2 Å². The maximum atomic E-state index is 13.8. The minimum absolute atomic E-state index is 0.161. The second-order valence-electron chi connectivity index (χ2n) is 7.53. The summed E-state index contributed by atoms with van der Waals surface area (Å²) in [7, 11) is 0. The monoisotopic (exact) mass is 433 g/mol. The van der Waals surface area contributed by atoms with Crippen LogP contribution in [0.25, 0.3) is 0 Å². The molecular weight excluding hydrogens is 405 g/mol. The first-order valence-corrected chi connectivity index (χ1v) is 10.5. The lowest BCUT2D eigenvalue weighted by Gasteiger charge is -2.35. The molecule has 9 heteroatoms. The van der Waals surface area contributed by atoms with Gasteiger partial charge in [0.05, 0.1) is 30.7 Å². The molecule has 8 nitrogen and oxygen atoms in total. The van der Waals surface area contributed by atoms with Crippen molar-refractivity contribution < 1.29 is 28.2 Å². The van der Waals surface area contributed by atoms with Gasteiger partial charge in [0.2, 0.25) is 0 Å². The van der Waals surface area contributed by atoms with Crippen LogP contribution in [0.1, 0.15) is 38.3 Å². The van der Waals surface area contributed by atoms with E-state index in [9.17, 15) is 18.8 Å². The van der Waals surface area contributed by atoms with Gasteiger partial charge in [-0.15, -0.1) is 0 Å². The Morgan fingerprint density at radius 1 is 1.23 bits per heavy atom. The first-order chi connectivity index (χ1) is 14.9. The number of halogens is 1. The highest BCUT2D eigenvalue weighted by atomic mass is 19.1. The third-order valence-corrected chi connectivity index (χ3v) is 5.34. The molecule has 0 aliphatic carbocycles. The van der Waals surface area contributed by atoms with Crippen molar-refractivity contribution in [1.82, 2.24) is 15.5 Å². The van der Waals surface area contributed by atoms with Crippen molar-refractivity contribution in [2.45, 2.75) is 32.7 Å². The third kappa shape index (κ3) is 5.61. The van der Waals surface area contributed by atoms with Crippen LogP contribution in [0.4, 0.5) is 9.18 Å². The van der Waals surface area contributed by atoms with Crippen molar-refractivity contribution in [3.63, 3.8) is 0 Å². The highest BCUT2D eigenvalue weighted by Crippen LogP contribution is 2.29. The SMILES string of the molecule is CCOC(=O)C1=C(CN2CCC[C@@H](C(=O)OCC)C2)NC(=O)N[C@H]1c1cccc(F)c1. The van der Waals surface area contributed by atoms with E-state index in [4.69, 9.17) is 9.47 Å². The van der Waals surface area contributed by atoms with Gasteiger partial charge >= 0.3 is 18.0 Å². The number of nitrogens with one attached hydrogen (secondary N) is 2. The van der Waals surface area contributed by atoms with E-state index in [0.29, 0.717) is 31.0 Å².